The van der Waals surface area contributed by atoms with E-state index >= 15 is 0 Å². The van der Waals surface area contributed by atoms with Crippen LogP contribution in [0.15, 0.2) is 42.5 Å². The van der Waals surface area contributed by atoms with Crippen LogP contribution in [0.4, 0.5) is 0 Å². The molecular weight excluding hydrogens is 404 g/mol. The molecule has 0 unspecified atom stereocenters. The Morgan fingerprint density at radius 2 is 1.81 bits per heavy atom. The summed E-state index contributed by atoms with van der Waals surface area (Å²) >= 11 is 0. The lowest BCUT2D eigenvalue weighted by molar-refractivity contribution is -0.131. The zero-order valence-corrected chi connectivity index (χ0v) is 19.0. The summed E-state index contributed by atoms with van der Waals surface area (Å²) in [5.74, 6) is 2.80. The monoisotopic (exact) mass is 436 g/mol. The molecule has 1 saturated carbocycles. The summed E-state index contributed by atoms with van der Waals surface area (Å²) in [6, 6.07) is 15.0. The predicted octanol–water partition coefficient (Wildman–Crippen LogP) is 4.01. The number of amides is 1. The zero-order chi connectivity index (χ0) is 22.1. The van der Waals surface area contributed by atoms with Crippen molar-refractivity contribution in [2.75, 3.05) is 26.8 Å². The molecule has 2 heterocycles. The topological polar surface area (TPSA) is 51.2 Å². The number of hydrogen-bond acceptors (Lipinski definition) is 5. The molecule has 0 bridgehead atoms. The van der Waals surface area contributed by atoms with Gasteiger partial charge in [-0.15, -0.1) is 0 Å². The van der Waals surface area contributed by atoms with Crippen molar-refractivity contribution in [3.8, 4) is 17.2 Å². The third-order valence-electron chi connectivity index (χ3n) is 7.13. The van der Waals surface area contributed by atoms with Gasteiger partial charge in [-0.05, 0) is 49.4 Å². The minimum absolute atomic E-state index is 0.137. The average Bonchev–Trinajstić information content (AvgIpc) is 2.95. The van der Waals surface area contributed by atoms with Crippen molar-refractivity contribution in [1.82, 2.24) is 9.80 Å². The molecule has 2 aromatic rings. The number of hydrogen-bond donors (Lipinski definition) is 0. The van der Waals surface area contributed by atoms with Crippen LogP contribution >= 0.6 is 0 Å². The molecule has 3 aliphatic rings. The largest absolute Gasteiger partial charge is 0.486 e. The van der Waals surface area contributed by atoms with E-state index in [1.54, 1.807) is 6.92 Å². The molecule has 1 aliphatic carbocycles. The standard InChI is InChI=1S/C26H32N2O4/c1-19(29)27(2)22-9-11-26(12-10-22)18-28(17-21-5-3-4-6-23(21)32-26)16-20-7-8-24-25(15-20)31-14-13-30-24/h3-8,15,22H,9-14,16-18H2,1-2H3. The number of nitrogens with zero attached hydrogens (tertiary/aromatic N) is 2. The maximum Gasteiger partial charge on any atom is 0.219 e. The van der Waals surface area contributed by atoms with Crippen molar-refractivity contribution in [3.63, 3.8) is 0 Å². The highest BCUT2D eigenvalue weighted by atomic mass is 16.6. The van der Waals surface area contributed by atoms with Crippen molar-refractivity contribution in [2.45, 2.75) is 57.3 Å². The number of rotatable bonds is 3. The number of carbonyl (C=O) groups excluding carboxylic acids is 1. The first kappa shape index (κ1) is 21.1. The van der Waals surface area contributed by atoms with Crippen LogP contribution in [0.25, 0.3) is 0 Å². The van der Waals surface area contributed by atoms with Gasteiger partial charge in [-0.3, -0.25) is 9.69 Å². The number of para-hydroxylation sites is 1. The van der Waals surface area contributed by atoms with Crippen LogP contribution < -0.4 is 14.2 Å². The number of ether oxygens (including phenoxy) is 3. The molecule has 170 valence electrons. The highest BCUT2D eigenvalue weighted by molar-refractivity contribution is 5.73. The van der Waals surface area contributed by atoms with E-state index < -0.39 is 0 Å². The minimum Gasteiger partial charge on any atom is -0.486 e. The highest BCUT2D eigenvalue weighted by Gasteiger charge is 2.42. The van der Waals surface area contributed by atoms with Crippen molar-refractivity contribution in [3.05, 3.63) is 53.6 Å². The number of fused-ring (bicyclic) bond motifs is 2. The summed E-state index contributed by atoms with van der Waals surface area (Å²) in [4.78, 5) is 16.2. The molecule has 1 amide bonds. The summed E-state index contributed by atoms with van der Waals surface area (Å²) in [5.41, 5.74) is 2.22. The summed E-state index contributed by atoms with van der Waals surface area (Å²) in [6.45, 7) is 5.40. The quantitative estimate of drug-likeness (QED) is 0.728. The zero-order valence-electron chi connectivity index (χ0n) is 19.0. The van der Waals surface area contributed by atoms with E-state index in [1.165, 1.54) is 11.1 Å². The molecule has 0 radical (unpaired) electrons. The first-order valence-electron chi connectivity index (χ1n) is 11.6. The number of carbonyl (C=O) groups is 1. The Kier molecular flexibility index (Phi) is 5.72. The number of benzene rings is 2. The summed E-state index contributed by atoms with van der Waals surface area (Å²) in [5, 5.41) is 0. The van der Waals surface area contributed by atoms with Gasteiger partial charge in [0.15, 0.2) is 11.5 Å². The second-order valence-electron chi connectivity index (χ2n) is 9.38. The smallest absolute Gasteiger partial charge is 0.219 e. The Labute approximate surface area is 190 Å². The van der Waals surface area contributed by atoms with Gasteiger partial charge >= 0.3 is 0 Å². The van der Waals surface area contributed by atoms with Gasteiger partial charge in [0.25, 0.3) is 0 Å². The van der Waals surface area contributed by atoms with Crippen LogP contribution in [0.1, 0.15) is 43.7 Å². The molecule has 0 saturated heterocycles. The molecular formula is C26H32N2O4. The van der Waals surface area contributed by atoms with E-state index in [2.05, 4.69) is 41.3 Å². The molecule has 0 atom stereocenters. The second kappa shape index (κ2) is 8.66. The third kappa shape index (κ3) is 4.29. The Bertz CT molecular complexity index is 984. The van der Waals surface area contributed by atoms with Gasteiger partial charge in [-0.1, -0.05) is 24.3 Å². The Morgan fingerprint density at radius 1 is 1.06 bits per heavy atom. The van der Waals surface area contributed by atoms with Crippen LogP contribution in [-0.4, -0.2) is 54.2 Å². The molecule has 6 heteroatoms. The molecule has 0 aromatic heterocycles. The van der Waals surface area contributed by atoms with Crippen LogP contribution in [0.2, 0.25) is 0 Å². The summed E-state index contributed by atoms with van der Waals surface area (Å²) in [7, 11) is 1.92. The molecule has 1 fully saturated rings. The summed E-state index contributed by atoms with van der Waals surface area (Å²) in [6.07, 6.45) is 3.83. The maximum absolute atomic E-state index is 11.9. The lowest BCUT2D eigenvalue weighted by Crippen LogP contribution is -2.51. The van der Waals surface area contributed by atoms with Crippen molar-refractivity contribution >= 4 is 5.91 Å². The lowest BCUT2D eigenvalue weighted by Gasteiger charge is -2.43. The normalized spacial score (nSPS) is 24.9. The molecule has 5 rings (SSSR count). The van der Waals surface area contributed by atoms with Gasteiger partial charge in [-0.2, -0.15) is 0 Å². The molecule has 2 aliphatic heterocycles. The SMILES string of the molecule is CC(=O)N(C)C1CCC2(CC1)CN(Cc1ccc3c(c1)OCCO3)Cc1ccccc1O2. The Morgan fingerprint density at radius 3 is 2.59 bits per heavy atom. The average molecular weight is 437 g/mol. The van der Waals surface area contributed by atoms with Crippen molar-refractivity contribution < 1.29 is 19.0 Å². The fraction of sp³-hybridized carbons (Fsp3) is 0.500. The maximum atomic E-state index is 11.9. The van der Waals surface area contributed by atoms with Gasteiger partial charge in [0, 0.05) is 45.2 Å². The first-order chi connectivity index (χ1) is 15.5. The van der Waals surface area contributed by atoms with E-state index in [9.17, 15) is 4.79 Å². The molecule has 1 spiro atoms. The first-order valence-corrected chi connectivity index (χ1v) is 11.6. The lowest BCUT2D eigenvalue weighted by atomic mass is 9.81. The molecule has 6 nitrogen and oxygen atoms in total. The Hall–Kier alpha value is -2.73. The van der Waals surface area contributed by atoms with E-state index in [0.717, 1.165) is 62.6 Å². The van der Waals surface area contributed by atoms with Gasteiger partial charge in [0.05, 0.1) is 0 Å². The highest BCUT2D eigenvalue weighted by Crippen LogP contribution is 2.40. The van der Waals surface area contributed by atoms with Gasteiger partial charge in [-0.25, -0.2) is 0 Å². The van der Waals surface area contributed by atoms with Gasteiger partial charge in [0.1, 0.15) is 24.6 Å². The van der Waals surface area contributed by atoms with Crippen LogP contribution in [0.5, 0.6) is 17.2 Å². The van der Waals surface area contributed by atoms with Crippen LogP contribution in [-0.2, 0) is 17.9 Å². The second-order valence-corrected chi connectivity index (χ2v) is 9.38. The third-order valence-corrected chi connectivity index (χ3v) is 7.13. The van der Waals surface area contributed by atoms with Gasteiger partial charge < -0.3 is 19.1 Å². The fourth-order valence-electron chi connectivity index (χ4n) is 5.29. The van der Waals surface area contributed by atoms with Gasteiger partial charge in [0.2, 0.25) is 5.91 Å². The fourth-order valence-corrected chi connectivity index (χ4v) is 5.29. The minimum atomic E-state index is -0.228. The van der Waals surface area contributed by atoms with E-state index in [-0.39, 0.29) is 11.5 Å². The van der Waals surface area contributed by atoms with Crippen LogP contribution in [0.3, 0.4) is 0 Å². The molecule has 32 heavy (non-hydrogen) atoms. The van der Waals surface area contributed by atoms with Crippen LogP contribution in [0, 0.1) is 0 Å². The van der Waals surface area contributed by atoms with E-state index in [1.807, 2.05) is 18.0 Å². The molecule has 0 N–H and O–H groups in total. The van der Waals surface area contributed by atoms with E-state index in [0.29, 0.717) is 19.3 Å². The van der Waals surface area contributed by atoms with Crippen molar-refractivity contribution in [2.24, 2.45) is 0 Å². The van der Waals surface area contributed by atoms with Crippen molar-refractivity contribution in [1.29, 1.82) is 0 Å². The Balaban J connectivity index is 1.37. The molecule has 2 aromatic carbocycles. The predicted molar refractivity (Wildman–Crippen MR) is 122 cm³/mol. The summed E-state index contributed by atoms with van der Waals surface area (Å²) < 4.78 is 18.2. The van der Waals surface area contributed by atoms with E-state index in [4.69, 9.17) is 14.2 Å².